The molecule has 0 radical (unpaired) electrons. The fourth-order valence-electron chi connectivity index (χ4n) is 3.17. The van der Waals surface area contributed by atoms with Crippen LogP contribution in [0.4, 0.5) is 0 Å². The number of nitrogens with one attached hydrogen (secondary N) is 1. The third-order valence-corrected chi connectivity index (χ3v) is 4.07. The zero-order valence-corrected chi connectivity index (χ0v) is 15.3. The van der Waals surface area contributed by atoms with Crippen molar-refractivity contribution in [3.05, 3.63) is 23.9 Å². The van der Waals surface area contributed by atoms with Crippen LogP contribution in [0.1, 0.15) is 32.9 Å². The molecule has 0 saturated carbocycles. The Labute approximate surface area is 147 Å². The largest absolute Gasteiger partial charge is 0.380 e. The van der Waals surface area contributed by atoms with Crippen molar-refractivity contribution in [3.63, 3.8) is 0 Å². The van der Waals surface area contributed by atoms with Crippen LogP contribution in [-0.4, -0.2) is 68.5 Å². The summed E-state index contributed by atoms with van der Waals surface area (Å²) in [4.78, 5) is 6.98. The van der Waals surface area contributed by atoms with Gasteiger partial charge >= 0.3 is 0 Å². The maximum Gasteiger partial charge on any atom is 0.222 e. The lowest BCUT2D eigenvalue weighted by atomic mass is 10.0. The number of hydrogen-bond acceptors (Lipinski definition) is 7. The van der Waals surface area contributed by atoms with Gasteiger partial charge in [-0.3, -0.25) is 4.90 Å². The van der Waals surface area contributed by atoms with E-state index in [2.05, 4.69) is 51.3 Å². The molecule has 0 bridgehead atoms. The number of hydrogen-bond donors (Lipinski definition) is 1. The Kier molecular flexibility index (Phi) is 5.41. The zero-order valence-electron chi connectivity index (χ0n) is 15.3. The third-order valence-electron chi connectivity index (χ3n) is 4.07. The number of likely N-dealkylation sites (tertiary alicyclic amines) is 1. The molecule has 136 valence electrons. The zero-order chi connectivity index (χ0) is 17.9. The minimum Gasteiger partial charge on any atom is -0.380 e. The summed E-state index contributed by atoms with van der Waals surface area (Å²) in [5.74, 6) is 0.504. The average Bonchev–Trinajstić information content (AvgIpc) is 3.07. The lowest BCUT2D eigenvalue weighted by Gasteiger charge is -2.39. The van der Waals surface area contributed by atoms with Gasteiger partial charge in [-0.15, -0.1) is 10.2 Å². The smallest absolute Gasteiger partial charge is 0.222 e. The molecule has 1 fully saturated rings. The standard InChI is InChI=1S/C17H26N6O2/c1-17(2,3)25-14-8-13(24-4)10-23(11-14)9-12-6-5-7-15(18-12)16-19-21-22-20-16/h5-7,13-14H,8-11H2,1-4H3,(H,19,20,21,22)/t13-,14+/m0/s1. The first-order valence-corrected chi connectivity index (χ1v) is 8.55. The molecule has 1 aliphatic rings. The first-order valence-electron chi connectivity index (χ1n) is 8.55. The Morgan fingerprint density at radius 2 is 2.04 bits per heavy atom. The number of ether oxygens (including phenoxy) is 2. The van der Waals surface area contributed by atoms with E-state index in [0.29, 0.717) is 11.5 Å². The summed E-state index contributed by atoms with van der Waals surface area (Å²) in [6.45, 7) is 8.73. The number of rotatable bonds is 5. The number of H-pyrrole nitrogens is 1. The topological polar surface area (TPSA) is 89.0 Å². The van der Waals surface area contributed by atoms with Crippen LogP contribution < -0.4 is 0 Å². The predicted molar refractivity (Wildman–Crippen MR) is 92.7 cm³/mol. The van der Waals surface area contributed by atoms with Crippen LogP contribution in [0.3, 0.4) is 0 Å². The second-order valence-electron chi connectivity index (χ2n) is 7.39. The SMILES string of the molecule is CO[C@H]1C[C@@H](OC(C)(C)C)CN(Cc2cccc(-c3nn[nH]n3)n2)C1. The molecule has 25 heavy (non-hydrogen) atoms. The van der Waals surface area contributed by atoms with Crippen LogP contribution in [0.15, 0.2) is 18.2 Å². The molecule has 2 aromatic heterocycles. The van der Waals surface area contributed by atoms with Gasteiger partial charge in [0, 0.05) is 33.2 Å². The Hall–Kier alpha value is -1.90. The number of nitrogens with zero attached hydrogens (tertiary/aromatic N) is 5. The molecule has 0 aromatic carbocycles. The maximum absolute atomic E-state index is 6.19. The molecule has 8 heteroatoms. The van der Waals surface area contributed by atoms with Crippen LogP contribution in [-0.2, 0) is 16.0 Å². The first kappa shape index (κ1) is 17.9. The van der Waals surface area contributed by atoms with E-state index in [1.807, 2.05) is 18.2 Å². The van der Waals surface area contributed by atoms with E-state index in [4.69, 9.17) is 9.47 Å². The van der Waals surface area contributed by atoms with E-state index < -0.39 is 0 Å². The number of methoxy groups -OCH3 is 1. The second-order valence-corrected chi connectivity index (χ2v) is 7.39. The minimum absolute atomic E-state index is 0.152. The molecule has 0 amide bonds. The Morgan fingerprint density at radius 3 is 2.72 bits per heavy atom. The van der Waals surface area contributed by atoms with Crippen molar-refractivity contribution in [3.8, 4) is 11.5 Å². The number of pyridine rings is 1. The third kappa shape index (κ3) is 5.04. The van der Waals surface area contributed by atoms with Crippen molar-refractivity contribution in [2.75, 3.05) is 20.2 Å². The van der Waals surface area contributed by atoms with Gasteiger partial charge < -0.3 is 9.47 Å². The van der Waals surface area contributed by atoms with Gasteiger partial charge in [0.25, 0.3) is 0 Å². The number of aromatic amines is 1. The van der Waals surface area contributed by atoms with Crippen molar-refractivity contribution in [2.45, 2.75) is 51.5 Å². The van der Waals surface area contributed by atoms with E-state index >= 15 is 0 Å². The van der Waals surface area contributed by atoms with E-state index in [0.717, 1.165) is 31.7 Å². The molecule has 2 atom stereocenters. The number of piperidine rings is 1. The van der Waals surface area contributed by atoms with E-state index in [1.165, 1.54) is 0 Å². The summed E-state index contributed by atoms with van der Waals surface area (Å²) < 4.78 is 11.8. The van der Waals surface area contributed by atoms with Crippen molar-refractivity contribution in [1.29, 1.82) is 0 Å². The summed E-state index contributed by atoms with van der Waals surface area (Å²) in [6.07, 6.45) is 1.24. The summed E-state index contributed by atoms with van der Waals surface area (Å²) in [5, 5.41) is 14.0. The van der Waals surface area contributed by atoms with Gasteiger partial charge in [0.05, 0.1) is 23.5 Å². The maximum atomic E-state index is 6.19. The van der Waals surface area contributed by atoms with Crippen LogP contribution in [0.2, 0.25) is 0 Å². The van der Waals surface area contributed by atoms with Gasteiger partial charge in [-0.25, -0.2) is 4.98 Å². The molecule has 8 nitrogen and oxygen atoms in total. The molecule has 3 rings (SSSR count). The fourth-order valence-corrected chi connectivity index (χ4v) is 3.17. The van der Waals surface area contributed by atoms with Crippen molar-refractivity contribution < 1.29 is 9.47 Å². The lowest BCUT2D eigenvalue weighted by molar-refractivity contribution is -0.116. The summed E-state index contributed by atoms with van der Waals surface area (Å²) in [6, 6.07) is 5.86. The summed E-state index contributed by atoms with van der Waals surface area (Å²) >= 11 is 0. The second kappa shape index (κ2) is 7.55. The van der Waals surface area contributed by atoms with Crippen LogP contribution >= 0.6 is 0 Å². The fraction of sp³-hybridized carbons (Fsp3) is 0.647. The Bertz CT molecular complexity index is 670. The molecule has 1 aliphatic heterocycles. The molecule has 2 aromatic rings. The number of aromatic nitrogens is 5. The molecule has 0 aliphatic carbocycles. The van der Waals surface area contributed by atoms with Crippen molar-refractivity contribution in [1.82, 2.24) is 30.5 Å². The van der Waals surface area contributed by atoms with Gasteiger partial charge in [-0.05, 0) is 38.1 Å². The van der Waals surface area contributed by atoms with Crippen molar-refractivity contribution in [2.24, 2.45) is 0 Å². The van der Waals surface area contributed by atoms with E-state index in [-0.39, 0.29) is 17.8 Å². The van der Waals surface area contributed by atoms with Gasteiger partial charge in [0.2, 0.25) is 5.82 Å². The molecule has 0 spiro atoms. The quantitative estimate of drug-likeness (QED) is 0.881. The highest BCUT2D eigenvalue weighted by Crippen LogP contribution is 2.22. The summed E-state index contributed by atoms with van der Waals surface area (Å²) in [5.41, 5.74) is 1.52. The average molecular weight is 346 g/mol. The minimum atomic E-state index is -0.164. The monoisotopic (exact) mass is 346 g/mol. The highest BCUT2D eigenvalue weighted by atomic mass is 16.5. The first-order chi connectivity index (χ1) is 11.9. The van der Waals surface area contributed by atoms with E-state index in [9.17, 15) is 0 Å². The Balaban J connectivity index is 1.69. The number of tetrazole rings is 1. The summed E-state index contributed by atoms with van der Waals surface area (Å²) in [7, 11) is 1.76. The van der Waals surface area contributed by atoms with Gasteiger partial charge in [0.1, 0.15) is 5.69 Å². The molecular formula is C17H26N6O2. The van der Waals surface area contributed by atoms with E-state index in [1.54, 1.807) is 7.11 Å². The molecule has 1 N–H and O–H groups in total. The van der Waals surface area contributed by atoms with Gasteiger partial charge in [-0.1, -0.05) is 6.07 Å². The van der Waals surface area contributed by atoms with Crippen molar-refractivity contribution >= 4 is 0 Å². The lowest BCUT2D eigenvalue weighted by Crippen LogP contribution is -2.48. The highest BCUT2D eigenvalue weighted by Gasteiger charge is 2.30. The molecule has 1 saturated heterocycles. The predicted octanol–water partition coefficient (Wildman–Crippen LogP) is 1.67. The Morgan fingerprint density at radius 1 is 1.24 bits per heavy atom. The molecule has 0 unspecified atom stereocenters. The van der Waals surface area contributed by atoms with Gasteiger partial charge in [0.15, 0.2) is 0 Å². The van der Waals surface area contributed by atoms with Gasteiger partial charge in [-0.2, -0.15) is 5.21 Å². The van der Waals surface area contributed by atoms with Crippen LogP contribution in [0, 0.1) is 0 Å². The van der Waals surface area contributed by atoms with Crippen LogP contribution in [0.5, 0.6) is 0 Å². The highest BCUT2D eigenvalue weighted by molar-refractivity contribution is 5.47. The molecular weight excluding hydrogens is 320 g/mol. The van der Waals surface area contributed by atoms with Crippen LogP contribution in [0.25, 0.3) is 11.5 Å². The normalized spacial score (nSPS) is 22.2. The molecule has 3 heterocycles.